The molecule has 2 aromatic rings. The minimum absolute atomic E-state index is 0.152. The van der Waals surface area contributed by atoms with E-state index in [0.717, 1.165) is 41.9 Å². The SMILES string of the molecule is COc1ccccc1C(=O)Nc1cc2c3c(c1)CC(=O)N3CCC2. The Bertz CT molecular complexity index is 845. The van der Waals surface area contributed by atoms with Crippen LogP contribution >= 0.6 is 0 Å². The van der Waals surface area contributed by atoms with Crippen molar-refractivity contribution in [1.29, 1.82) is 0 Å². The summed E-state index contributed by atoms with van der Waals surface area (Å²) in [6, 6.07) is 11.0. The summed E-state index contributed by atoms with van der Waals surface area (Å²) >= 11 is 0. The first-order valence-corrected chi connectivity index (χ1v) is 8.08. The molecular formula is C19H18N2O3. The van der Waals surface area contributed by atoms with E-state index in [4.69, 9.17) is 4.74 Å². The third-order valence-corrected chi connectivity index (χ3v) is 4.62. The number of para-hydroxylation sites is 1. The molecule has 24 heavy (non-hydrogen) atoms. The molecule has 5 nitrogen and oxygen atoms in total. The zero-order valence-corrected chi connectivity index (χ0v) is 13.5. The Morgan fingerprint density at radius 2 is 2.00 bits per heavy atom. The number of nitrogens with zero attached hydrogens (tertiary/aromatic N) is 1. The predicted molar refractivity (Wildman–Crippen MR) is 91.8 cm³/mol. The molecule has 0 radical (unpaired) electrons. The van der Waals surface area contributed by atoms with Gasteiger partial charge in [-0.1, -0.05) is 12.1 Å². The molecule has 5 heteroatoms. The van der Waals surface area contributed by atoms with Gasteiger partial charge in [0.15, 0.2) is 0 Å². The van der Waals surface area contributed by atoms with Crippen molar-refractivity contribution in [2.75, 3.05) is 23.9 Å². The van der Waals surface area contributed by atoms with Crippen molar-refractivity contribution in [3.05, 3.63) is 53.1 Å². The molecule has 1 N–H and O–H groups in total. The molecule has 4 rings (SSSR count). The number of carbonyl (C=O) groups is 2. The fraction of sp³-hybridized carbons (Fsp3) is 0.263. The van der Waals surface area contributed by atoms with E-state index in [0.29, 0.717) is 17.7 Å². The number of hydrogen-bond donors (Lipinski definition) is 1. The molecule has 0 fully saturated rings. The van der Waals surface area contributed by atoms with E-state index in [1.54, 1.807) is 25.3 Å². The van der Waals surface area contributed by atoms with Crippen LogP contribution in [0.3, 0.4) is 0 Å². The van der Waals surface area contributed by atoms with Gasteiger partial charge in [-0.25, -0.2) is 0 Å². The Hall–Kier alpha value is -2.82. The summed E-state index contributed by atoms with van der Waals surface area (Å²) in [5.74, 6) is 0.481. The maximum Gasteiger partial charge on any atom is 0.259 e. The van der Waals surface area contributed by atoms with Crippen LogP contribution in [0, 0.1) is 0 Å². The zero-order valence-electron chi connectivity index (χ0n) is 13.5. The van der Waals surface area contributed by atoms with Crippen molar-refractivity contribution < 1.29 is 14.3 Å². The number of hydrogen-bond acceptors (Lipinski definition) is 3. The van der Waals surface area contributed by atoms with Crippen LogP contribution in [0.4, 0.5) is 11.4 Å². The van der Waals surface area contributed by atoms with Gasteiger partial charge in [-0.05, 0) is 48.2 Å². The second-order valence-corrected chi connectivity index (χ2v) is 6.12. The lowest BCUT2D eigenvalue weighted by atomic mass is 9.99. The van der Waals surface area contributed by atoms with Gasteiger partial charge in [0.1, 0.15) is 5.75 Å². The van der Waals surface area contributed by atoms with Crippen LogP contribution in [-0.4, -0.2) is 25.5 Å². The van der Waals surface area contributed by atoms with Crippen molar-refractivity contribution in [2.45, 2.75) is 19.3 Å². The molecule has 0 aromatic heterocycles. The molecule has 2 aliphatic rings. The van der Waals surface area contributed by atoms with Crippen LogP contribution in [0.25, 0.3) is 0 Å². The third kappa shape index (κ3) is 2.33. The lowest BCUT2D eigenvalue weighted by Crippen LogP contribution is -2.31. The predicted octanol–water partition coefficient (Wildman–Crippen LogP) is 2.78. The number of methoxy groups -OCH3 is 1. The third-order valence-electron chi connectivity index (χ3n) is 4.62. The minimum Gasteiger partial charge on any atom is -0.496 e. The number of rotatable bonds is 3. The standard InChI is InChI=1S/C19H18N2O3/c1-24-16-7-3-2-6-15(16)19(23)20-14-9-12-5-4-8-21-17(22)11-13(10-14)18(12)21/h2-3,6-7,9-10H,4-5,8,11H2,1H3,(H,20,23). The van der Waals surface area contributed by atoms with E-state index < -0.39 is 0 Å². The van der Waals surface area contributed by atoms with E-state index in [2.05, 4.69) is 5.32 Å². The first-order chi connectivity index (χ1) is 11.7. The first-order valence-electron chi connectivity index (χ1n) is 8.08. The molecule has 0 saturated heterocycles. The van der Waals surface area contributed by atoms with Gasteiger partial charge in [-0.3, -0.25) is 9.59 Å². The molecule has 0 saturated carbocycles. The highest BCUT2D eigenvalue weighted by Gasteiger charge is 2.32. The molecule has 0 unspecified atom stereocenters. The number of nitrogens with one attached hydrogen (secondary N) is 1. The van der Waals surface area contributed by atoms with E-state index in [1.165, 1.54) is 0 Å². The molecule has 0 atom stereocenters. The van der Waals surface area contributed by atoms with Crippen molar-refractivity contribution >= 4 is 23.2 Å². The fourth-order valence-corrected chi connectivity index (χ4v) is 3.58. The van der Waals surface area contributed by atoms with Gasteiger partial charge in [0.25, 0.3) is 5.91 Å². The number of carbonyl (C=O) groups excluding carboxylic acids is 2. The van der Waals surface area contributed by atoms with E-state index in [1.807, 2.05) is 23.1 Å². The number of benzene rings is 2. The lowest BCUT2D eigenvalue weighted by Gasteiger charge is -2.26. The van der Waals surface area contributed by atoms with Crippen molar-refractivity contribution in [1.82, 2.24) is 0 Å². The van der Waals surface area contributed by atoms with Crippen LogP contribution in [0.1, 0.15) is 27.9 Å². The maximum atomic E-state index is 12.6. The summed E-state index contributed by atoms with van der Waals surface area (Å²) in [5, 5.41) is 2.94. The number of anilines is 2. The molecular weight excluding hydrogens is 304 g/mol. The van der Waals surface area contributed by atoms with Gasteiger partial charge in [-0.15, -0.1) is 0 Å². The summed E-state index contributed by atoms with van der Waals surface area (Å²) in [6.07, 6.45) is 2.31. The lowest BCUT2D eigenvalue weighted by molar-refractivity contribution is -0.117. The van der Waals surface area contributed by atoms with Crippen molar-refractivity contribution in [2.24, 2.45) is 0 Å². The Morgan fingerprint density at radius 3 is 2.83 bits per heavy atom. The van der Waals surface area contributed by atoms with Gasteiger partial charge < -0.3 is 15.0 Å². The highest BCUT2D eigenvalue weighted by atomic mass is 16.5. The van der Waals surface area contributed by atoms with Crippen LogP contribution in [0.15, 0.2) is 36.4 Å². The molecule has 2 amide bonds. The molecule has 0 bridgehead atoms. The quantitative estimate of drug-likeness (QED) is 0.945. The largest absolute Gasteiger partial charge is 0.496 e. The summed E-state index contributed by atoms with van der Waals surface area (Å²) in [4.78, 5) is 26.6. The first kappa shape index (κ1) is 14.8. The molecule has 2 aliphatic heterocycles. The van der Waals surface area contributed by atoms with Crippen LogP contribution in [0.5, 0.6) is 5.75 Å². The fourth-order valence-electron chi connectivity index (χ4n) is 3.58. The van der Waals surface area contributed by atoms with Gasteiger partial charge in [0.2, 0.25) is 5.91 Å². The molecule has 2 heterocycles. The summed E-state index contributed by atoms with van der Waals surface area (Å²) in [7, 11) is 1.55. The van der Waals surface area contributed by atoms with Crippen molar-refractivity contribution in [3.63, 3.8) is 0 Å². The highest BCUT2D eigenvalue weighted by Crippen LogP contribution is 2.39. The average molecular weight is 322 g/mol. The Labute approximate surface area is 140 Å². The topological polar surface area (TPSA) is 58.6 Å². The maximum absolute atomic E-state index is 12.6. The smallest absolute Gasteiger partial charge is 0.259 e. The minimum atomic E-state index is -0.211. The van der Waals surface area contributed by atoms with Crippen LogP contribution in [0.2, 0.25) is 0 Å². The summed E-state index contributed by atoms with van der Waals surface area (Å²) in [5.41, 5.74) is 4.43. The van der Waals surface area contributed by atoms with Gasteiger partial charge in [-0.2, -0.15) is 0 Å². The van der Waals surface area contributed by atoms with Gasteiger partial charge in [0.05, 0.1) is 24.8 Å². The average Bonchev–Trinajstić information content (AvgIpc) is 2.92. The van der Waals surface area contributed by atoms with Crippen molar-refractivity contribution in [3.8, 4) is 5.75 Å². The van der Waals surface area contributed by atoms with E-state index >= 15 is 0 Å². The second-order valence-electron chi connectivity index (χ2n) is 6.12. The zero-order chi connectivity index (χ0) is 16.7. The number of amides is 2. The molecule has 2 aromatic carbocycles. The Morgan fingerprint density at radius 1 is 1.21 bits per heavy atom. The summed E-state index contributed by atoms with van der Waals surface area (Å²) < 4.78 is 5.25. The monoisotopic (exact) mass is 322 g/mol. The number of ether oxygens (including phenoxy) is 1. The normalized spacial score (nSPS) is 15.2. The second kappa shape index (κ2) is 5.67. The molecule has 0 aliphatic carbocycles. The summed E-state index contributed by atoms with van der Waals surface area (Å²) in [6.45, 7) is 0.797. The van der Waals surface area contributed by atoms with Crippen LogP contribution in [-0.2, 0) is 17.6 Å². The highest BCUT2D eigenvalue weighted by molar-refractivity contribution is 6.07. The number of aryl methyl sites for hydroxylation is 1. The van der Waals surface area contributed by atoms with Gasteiger partial charge in [0, 0.05) is 12.2 Å². The Balaban J connectivity index is 1.66. The van der Waals surface area contributed by atoms with E-state index in [-0.39, 0.29) is 11.8 Å². The van der Waals surface area contributed by atoms with Gasteiger partial charge >= 0.3 is 0 Å². The Kier molecular flexibility index (Phi) is 3.49. The molecule has 122 valence electrons. The molecule has 0 spiro atoms. The van der Waals surface area contributed by atoms with E-state index in [9.17, 15) is 9.59 Å². The van der Waals surface area contributed by atoms with Crippen LogP contribution < -0.4 is 15.0 Å².